The summed E-state index contributed by atoms with van der Waals surface area (Å²) in [4.78, 5) is 15.5. The van der Waals surface area contributed by atoms with Gasteiger partial charge < -0.3 is 5.73 Å². The predicted octanol–water partition coefficient (Wildman–Crippen LogP) is 0.392. The molecule has 0 aromatic carbocycles. The largest absolute Gasteiger partial charge is 0.368 e. The Kier molecular flexibility index (Phi) is 3.19. The van der Waals surface area contributed by atoms with Crippen LogP contribution >= 0.6 is 0 Å². The van der Waals surface area contributed by atoms with Crippen molar-refractivity contribution in [3.63, 3.8) is 0 Å². The molecule has 1 aromatic heterocycles. The molecule has 0 saturated heterocycles. The van der Waals surface area contributed by atoms with Gasteiger partial charge in [-0.05, 0) is 25.6 Å². The maximum Gasteiger partial charge on any atom is 0.243 e. The van der Waals surface area contributed by atoms with Gasteiger partial charge in [0.1, 0.15) is 5.54 Å². The number of rotatable bonds is 4. The number of hydrogen-bond donors (Lipinski definition) is 2. The molecule has 0 saturated carbocycles. The van der Waals surface area contributed by atoms with Gasteiger partial charge in [-0.25, -0.2) is 0 Å². The highest BCUT2D eigenvalue weighted by Crippen LogP contribution is 2.16. The number of likely N-dealkylation sites (N-methyl/N-ethyl adjacent to an activating group) is 1. The van der Waals surface area contributed by atoms with Gasteiger partial charge in [0.2, 0.25) is 5.91 Å². The maximum absolute atomic E-state index is 11.3. The van der Waals surface area contributed by atoms with Crippen LogP contribution in [0, 0.1) is 0 Å². The molecule has 4 nitrogen and oxygen atoms in total. The second-order valence-electron chi connectivity index (χ2n) is 3.23. The number of amides is 1. The summed E-state index contributed by atoms with van der Waals surface area (Å²) < 4.78 is 0. The van der Waals surface area contributed by atoms with Crippen LogP contribution in [0.15, 0.2) is 24.4 Å². The molecule has 0 aliphatic rings. The molecule has 76 valence electrons. The zero-order chi connectivity index (χ0) is 10.6. The van der Waals surface area contributed by atoms with Gasteiger partial charge in [-0.15, -0.1) is 0 Å². The fourth-order valence-electron chi connectivity index (χ4n) is 1.32. The Morgan fingerprint density at radius 1 is 1.64 bits per heavy atom. The van der Waals surface area contributed by atoms with Crippen LogP contribution < -0.4 is 11.1 Å². The van der Waals surface area contributed by atoms with Crippen molar-refractivity contribution in [3.8, 4) is 0 Å². The molecule has 4 heteroatoms. The Balaban J connectivity index is 3.06. The zero-order valence-corrected chi connectivity index (χ0v) is 8.45. The van der Waals surface area contributed by atoms with E-state index in [9.17, 15) is 4.79 Å². The summed E-state index contributed by atoms with van der Waals surface area (Å²) >= 11 is 0. The van der Waals surface area contributed by atoms with Gasteiger partial charge in [-0.3, -0.25) is 15.1 Å². The van der Waals surface area contributed by atoms with E-state index >= 15 is 0 Å². The summed E-state index contributed by atoms with van der Waals surface area (Å²) in [6, 6.07) is 5.42. The first-order valence-corrected chi connectivity index (χ1v) is 4.57. The molecule has 1 heterocycles. The van der Waals surface area contributed by atoms with Crippen molar-refractivity contribution in [2.75, 3.05) is 6.54 Å². The number of nitrogens with zero attached hydrogens (tertiary/aromatic N) is 1. The normalized spacial score (nSPS) is 14.7. The molecule has 0 fully saturated rings. The third kappa shape index (κ3) is 1.90. The number of pyridine rings is 1. The van der Waals surface area contributed by atoms with Crippen molar-refractivity contribution < 1.29 is 4.79 Å². The van der Waals surface area contributed by atoms with Crippen LogP contribution in [0.4, 0.5) is 0 Å². The zero-order valence-electron chi connectivity index (χ0n) is 8.45. The first-order chi connectivity index (χ1) is 6.61. The van der Waals surface area contributed by atoms with E-state index in [4.69, 9.17) is 5.73 Å². The molecule has 0 aliphatic heterocycles. The number of carbonyl (C=O) groups is 1. The predicted molar refractivity (Wildman–Crippen MR) is 54.5 cm³/mol. The van der Waals surface area contributed by atoms with E-state index in [2.05, 4.69) is 10.3 Å². The van der Waals surface area contributed by atoms with Crippen LogP contribution in [0.25, 0.3) is 0 Å². The number of carbonyl (C=O) groups excluding carboxylic acids is 1. The summed E-state index contributed by atoms with van der Waals surface area (Å²) in [5.41, 5.74) is 5.12. The summed E-state index contributed by atoms with van der Waals surface area (Å²) in [6.07, 6.45) is 1.65. The number of nitrogens with two attached hydrogens (primary N) is 1. The maximum atomic E-state index is 11.3. The van der Waals surface area contributed by atoms with Gasteiger partial charge in [0.05, 0.1) is 5.69 Å². The summed E-state index contributed by atoms with van der Waals surface area (Å²) in [7, 11) is 0. The molecule has 1 aromatic rings. The minimum absolute atomic E-state index is 0.418. The minimum atomic E-state index is -0.879. The Morgan fingerprint density at radius 2 is 2.36 bits per heavy atom. The smallest absolute Gasteiger partial charge is 0.243 e. The Labute approximate surface area is 83.5 Å². The minimum Gasteiger partial charge on any atom is -0.368 e. The van der Waals surface area contributed by atoms with Gasteiger partial charge in [0.15, 0.2) is 0 Å². The monoisotopic (exact) mass is 193 g/mol. The van der Waals surface area contributed by atoms with Crippen molar-refractivity contribution in [2.45, 2.75) is 19.4 Å². The lowest BCUT2D eigenvalue weighted by atomic mass is 9.96. The van der Waals surface area contributed by atoms with E-state index in [1.807, 2.05) is 13.0 Å². The summed E-state index contributed by atoms with van der Waals surface area (Å²) in [5.74, 6) is -0.418. The fraction of sp³-hybridized carbons (Fsp3) is 0.400. The molecular weight excluding hydrogens is 178 g/mol. The molecule has 1 unspecified atom stereocenters. The molecule has 0 aliphatic carbocycles. The van der Waals surface area contributed by atoms with E-state index in [0.717, 1.165) is 0 Å². The molecule has 14 heavy (non-hydrogen) atoms. The van der Waals surface area contributed by atoms with Crippen molar-refractivity contribution in [2.24, 2.45) is 5.73 Å². The highest BCUT2D eigenvalue weighted by Gasteiger charge is 2.33. The van der Waals surface area contributed by atoms with Crippen molar-refractivity contribution in [1.29, 1.82) is 0 Å². The quantitative estimate of drug-likeness (QED) is 0.727. The Morgan fingerprint density at radius 3 is 2.79 bits per heavy atom. The highest BCUT2D eigenvalue weighted by atomic mass is 16.1. The van der Waals surface area contributed by atoms with Crippen molar-refractivity contribution in [3.05, 3.63) is 30.1 Å². The SMILES string of the molecule is CCNC(C)(C(N)=O)c1ccccn1. The Bertz CT molecular complexity index is 312. The number of aromatic nitrogens is 1. The van der Waals surface area contributed by atoms with E-state index in [-0.39, 0.29) is 0 Å². The molecule has 1 atom stereocenters. The molecule has 3 N–H and O–H groups in total. The number of nitrogens with one attached hydrogen (secondary N) is 1. The first kappa shape index (κ1) is 10.7. The molecule has 1 amide bonds. The van der Waals surface area contributed by atoms with E-state index < -0.39 is 11.4 Å². The van der Waals surface area contributed by atoms with Gasteiger partial charge in [-0.2, -0.15) is 0 Å². The van der Waals surface area contributed by atoms with Gasteiger partial charge in [-0.1, -0.05) is 13.0 Å². The van der Waals surface area contributed by atoms with Gasteiger partial charge >= 0.3 is 0 Å². The lowest BCUT2D eigenvalue weighted by Gasteiger charge is -2.26. The average molecular weight is 193 g/mol. The van der Waals surface area contributed by atoms with Crippen LogP contribution in [-0.2, 0) is 10.3 Å². The second-order valence-corrected chi connectivity index (χ2v) is 3.23. The first-order valence-electron chi connectivity index (χ1n) is 4.57. The van der Waals surface area contributed by atoms with Gasteiger partial charge in [0.25, 0.3) is 0 Å². The molecule has 0 radical (unpaired) electrons. The summed E-state index contributed by atoms with van der Waals surface area (Å²) in [5, 5.41) is 3.04. The molecule has 1 rings (SSSR count). The third-order valence-corrected chi connectivity index (χ3v) is 2.20. The molecule has 0 spiro atoms. The highest BCUT2D eigenvalue weighted by molar-refractivity contribution is 5.85. The van der Waals surface area contributed by atoms with Crippen molar-refractivity contribution >= 4 is 5.91 Å². The van der Waals surface area contributed by atoms with Crippen LogP contribution in [0.3, 0.4) is 0 Å². The topological polar surface area (TPSA) is 68.0 Å². The fourth-order valence-corrected chi connectivity index (χ4v) is 1.32. The standard InChI is InChI=1S/C10H15N3O/c1-3-13-10(2,9(11)14)8-6-4-5-7-12-8/h4-7,13H,3H2,1-2H3,(H2,11,14). The molecule has 0 bridgehead atoms. The number of primary amides is 1. The number of hydrogen-bond acceptors (Lipinski definition) is 3. The van der Waals surface area contributed by atoms with Crippen LogP contribution in [0.5, 0.6) is 0 Å². The lowest BCUT2D eigenvalue weighted by molar-refractivity contribution is -0.124. The van der Waals surface area contributed by atoms with Gasteiger partial charge in [0, 0.05) is 6.20 Å². The summed E-state index contributed by atoms with van der Waals surface area (Å²) in [6.45, 7) is 4.32. The lowest BCUT2D eigenvalue weighted by Crippen LogP contribution is -2.50. The Hall–Kier alpha value is -1.42. The third-order valence-electron chi connectivity index (χ3n) is 2.20. The molecular formula is C10H15N3O. The van der Waals surface area contributed by atoms with E-state index in [0.29, 0.717) is 12.2 Å². The van der Waals surface area contributed by atoms with Crippen LogP contribution in [0.1, 0.15) is 19.5 Å². The van der Waals surface area contributed by atoms with E-state index in [1.165, 1.54) is 0 Å². The van der Waals surface area contributed by atoms with Crippen LogP contribution in [0.2, 0.25) is 0 Å². The second kappa shape index (κ2) is 4.19. The van der Waals surface area contributed by atoms with Crippen LogP contribution in [-0.4, -0.2) is 17.4 Å². The average Bonchev–Trinajstić information content (AvgIpc) is 2.19. The van der Waals surface area contributed by atoms with Crippen molar-refractivity contribution in [1.82, 2.24) is 10.3 Å². The van der Waals surface area contributed by atoms with E-state index in [1.54, 1.807) is 25.3 Å².